The summed E-state index contributed by atoms with van der Waals surface area (Å²) in [5, 5.41) is 0. The molecule has 0 aromatic carbocycles. The van der Waals surface area contributed by atoms with Crippen LogP contribution < -0.4 is 0 Å². The summed E-state index contributed by atoms with van der Waals surface area (Å²) in [5.41, 5.74) is 1.07. The van der Waals surface area contributed by atoms with Crippen molar-refractivity contribution in [2.75, 3.05) is 6.61 Å². The summed E-state index contributed by atoms with van der Waals surface area (Å²) in [7, 11) is 0. The Balaban J connectivity index is 2.25. The fourth-order valence-electron chi connectivity index (χ4n) is 0.897. The average Bonchev–Trinajstić information content (AvgIpc) is 2.19. The molecule has 0 N–H and O–H groups in total. The normalized spacial score (nSPS) is 10.5. The predicted molar refractivity (Wildman–Crippen MR) is 54.1 cm³/mol. The smallest absolute Gasteiger partial charge is 0.0873 e. The molecule has 0 atom stereocenters. The largest absolute Gasteiger partial charge is 0.501 e. The Bertz CT molecular complexity index is 244. The number of aromatic nitrogens is 1. The number of ether oxygens (including phenoxy) is 1. The van der Waals surface area contributed by atoms with Gasteiger partial charge in [-0.25, -0.2) is 0 Å². The maximum absolute atomic E-state index is 5.27. The van der Waals surface area contributed by atoms with Crippen molar-refractivity contribution in [2.45, 2.75) is 19.8 Å². The van der Waals surface area contributed by atoms with Gasteiger partial charge in [0.2, 0.25) is 0 Å². The highest BCUT2D eigenvalue weighted by Gasteiger charge is 1.83. The maximum Gasteiger partial charge on any atom is 0.0873 e. The number of nitrogens with zero attached hydrogens (tertiary/aromatic N) is 1. The van der Waals surface area contributed by atoms with E-state index in [1.807, 2.05) is 18.2 Å². The molecule has 0 aliphatic heterocycles. The second-order valence-corrected chi connectivity index (χ2v) is 2.81. The molecule has 0 radical (unpaired) electrons. The molecule has 0 spiro atoms. The average molecular weight is 177 g/mol. The van der Waals surface area contributed by atoms with Gasteiger partial charge in [0.25, 0.3) is 0 Å². The van der Waals surface area contributed by atoms with Gasteiger partial charge in [-0.05, 0) is 24.1 Å². The van der Waals surface area contributed by atoms with E-state index in [4.69, 9.17) is 4.74 Å². The van der Waals surface area contributed by atoms with Gasteiger partial charge in [0.15, 0.2) is 0 Å². The second-order valence-electron chi connectivity index (χ2n) is 2.81. The number of hydrogen-bond donors (Lipinski definition) is 0. The van der Waals surface area contributed by atoms with Crippen LogP contribution in [0.3, 0.4) is 0 Å². The van der Waals surface area contributed by atoms with Crippen LogP contribution in [0.2, 0.25) is 0 Å². The van der Waals surface area contributed by atoms with Crippen molar-refractivity contribution < 1.29 is 4.74 Å². The Morgan fingerprint density at radius 1 is 1.54 bits per heavy atom. The summed E-state index contributed by atoms with van der Waals surface area (Å²) < 4.78 is 5.27. The van der Waals surface area contributed by atoms with Crippen molar-refractivity contribution in [3.63, 3.8) is 0 Å². The van der Waals surface area contributed by atoms with E-state index in [0.29, 0.717) is 0 Å². The van der Waals surface area contributed by atoms with Gasteiger partial charge in [0, 0.05) is 12.4 Å². The highest BCUT2D eigenvalue weighted by molar-refractivity contribution is 5.45. The Hall–Kier alpha value is -1.31. The molecule has 13 heavy (non-hydrogen) atoms. The molecule has 2 nitrogen and oxygen atoms in total. The topological polar surface area (TPSA) is 22.1 Å². The molecule has 2 heteroatoms. The van der Waals surface area contributed by atoms with Crippen molar-refractivity contribution >= 4 is 6.08 Å². The fraction of sp³-hybridized carbons (Fsp3) is 0.364. The Labute approximate surface area is 79.3 Å². The second kappa shape index (κ2) is 6.23. The zero-order valence-corrected chi connectivity index (χ0v) is 7.94. The van der Waals surface area contributed by atoms with Crippen LogP contribution >= 0.6 is 0 Å². The third-order valence-corrected chi connectivity index (χ3v) is 1.66. The predicted octanol–water partition coefficient (Wildman–Crippen LogP) is 2.87. The molecular formula is C11H15NO. The Morgan fingerprint density at radius 3 is 3.15 bits per heavy atom. The van der Waals surface area contributed by atoms with Crippen LogP contribution in [0.4, 0.5) is 0 Å². The van der Waals surface area contributed by atoms with Crippen LogP contribution in [0, 0.1) is 0 Å². The van der Waals surface area contributed by atoms with Gasteiger partial charge in [-0.3, -0.25) is 4.98 Å². The van der Waals surface area contributed by atoms with Gasteiger partial charge in [-0.15, -0.1) is 0 Å². The van der Waals surface area contributed by atoms with E-state index in [1.165, 1.54) is 6.42 Å². The van der Waals surface area contributed by atoms with E-state index in [1.54, 1.807) is 18.7 Å². The quantitative estimate of drug-likeness (QED) is 0.509. The summed E-state index contributed by atoms with van der Waals surface area (Å²) >= 11 is 0. The molecule has 0 saturated heterocycles. The summed E-state index contributed by atoms with van der Waals surface area (Å²) in [6.07, 6.45) is 9.49. The third kappa shape index (κ3) is 4.31. The fourth-order valence-corrected chi connectivity index (χ4v) is 0.897. The van der Waals surface area contributed by atoms with Gasteiger partial charge in [-0.2, -0.15) is 0 Å². The molecule has 1 aromatic rings. The van der Waals surface area contributed by atoms with Crippen molar-refractivity contribution in [1.29, 1.82) is 0 Å². The zero-order chi connectivity index (χ0) is 9.36. The lowest BCUT2D eigenvalue weighted by atomic mass is 10.3. The van der Waals surface area contributed by atoms with E-state index >= 15 is 0 Å². The molecule has 0 unspecified atom stereocenters. The number of unbranched alkanes of at least 4 members (excludes halogenated alkanes) is 1. The third-order valence-electron chi connectivity index (χ3n) is 1.66. The molecule has 1 rings (SSSR count). The molecular weight excluding hydrogens is 162 g/mol. The summed E-state index contributed by atoms with van der Waals surface area (Å²) in [4.78, 5) is 3.99. The van der Waals surface area contributed by atoms with Crippen molar-refractivity contribution in [1.82, 2.24) is 4.98 Å². The van der Waals surface area contributed by atoms with Crippen LogP contribution in [0.25, 0.3) is 6.08 Å². The van der Waals surface area contributed by atoms with Crippen LogP contribution in [-0.2, 0) is 4.74 Å². The summed E-state index contributed by atoms with van der Waals surface area (Å²) in [5.74, 6) is 0. The Kier molecular flexibility index (Phi) is 4.69. The van der Waals surface area contributed by atoms with Crippen molar-refractivity contribution in [3.8, 4) is 0 Å². The molecule has 0 amide bonds. The minimum Gasteiger partial charge on any atom is -0.501 e. The monoisotopic (exact) mass is 177 g/mol. The van der Waals surface area contributed by atoms with Crippen LogP contribution in [0.1, 0.15) is 25.3 Å². The first-order valence-electron chi connectivity index (χ1n) is 4.61. The first-order valence-corrected chi connectivity index (χ1v) is 4.61. The lowest BCUT2D eigenvalue weighted by Gasteiger charge is -1.97. The van der Waals surface area contributed by atoms with Crippen molar-refractivity contribution in [2.24, 2.45) is 0 Å². The molecule has 1 aromatic heterocycles. The minimum atomic E-state index is 0.799. The standard InChI is InChI=1S/C11H15NO/c1-2-3-8-13-9-6-11-5-4-7-12-10-11/h4-7,9-10H,2-3,8H2,1H3/b9-6+. The van der Waals surface area contributed by atoms with Gasteiger partial charge in [-0.1, -0.05) is 19.4 Å². The first-order chi connectivity index (χ1) is 6.43. The van der Waals surface area contributed by atoms with E-state index in [0.717, 1.165) is 18.6 Å². The number of rotatable bonds is 5. The summed E-state index contributed by atoms with van der Waals surface area (Å²) in [6.45, 7) is 2.95. The number of hydrogen-bond acceptors (Lipinski definition) is 2. The van der Waals surface area contributed by atoms with Crippen LogP contribution in [-0.4, -0.2) is 11.6 Å². The van der Waals surface area contributed by atoms with Crippen LogP contribution in [0.15, 0.2) is 30.8 Å². The van der Waals surface area contributed by atoms with Gasteiger partial charge >= 0.3 is 0 Å². The lowest BCUT2D eigenvalue weighted by Crippen LogP contribution is -1.84. The highest BCUT2D eigenvalue weighted by Crippen LogP contribution is 1.99. The maximum atomic E-state index is 5.27. The first kappa shape index (κ1) is 9.78. The molecule has 0 saturated carbocycles. The molecule has 1 heterocycles. The Morgan fingerprint density at radius 2 is 2.46 bits per heavy atom. The van der Waals surface area contributed by atoms with Crippen molar-refractivity contribution in [3.05, 3.63) is 36.4 Å². The van der Waals surface area contributed by atoms with Gasteiger partial charge in [0.05, 0.1) is 12.9 Å². The van der Waals surface area contributed by atoms with E-state index < -0.39 is 0 Å². The minimum absolute atomic E-state index is 0.799. The van der Waals surface area contributed by atoms with Crippen LogP contribution in [0.5, 0.6) is 0 Å². The SMILES string of the molecule is CCCCO/C=C/c1cccnc1. The zero-order valence-electron chi connectivity index (χ0n) is 7.94. The summed E-state index contributed by atoms with van der Waals surface area (Å²) in [6, 6.07) is 3.90. The number of pyridine rings is 1. The lowest BCUT2D eigenvalue weighted by molar-refractivity contribution is 0.246. The molecule has 0 bridgehead atoms. The van der Waals surface area contributed by atoms with Gasteiger partial charge < -0.3 is 4.74 Å². The molecule has 70 valence electrons. The molecule has 0 aliphatic rings. The van der Waals surface area contributed by atoms with E-state index in [2.05, 4.69) is 11.9 Å². The van der Waals surface area contributed by atoms with Gasteiger partial charge in [0.1, 0.15) is 0 Å². The molecule has 0 aliphatic carbocycles. The highest BCUT2D eigenvalue weighted by atomic mass is 16.5. The van der Waals surface area contributed by atoms with E-state index in [9.17, 15) is 0 Å². The molecule has 0 fully saturated rings. The van der Waals surface area contributed by atoms with E-state index in [-0.39, 0.29) is 0 Å².